The fourth-order valence-corrected chi connectivity index (χ4v) is 3.00. The van der Waals surface area contributed by atoms with Crippen LogP contribution in [0.25, 0.3) is 5.65 Å². The molecule has 1 saturated heterocycles. The van der Waals surface area contributed by atoms with Crippen molar-refractivity contribution in [3.63, 3.8) is 0 Å². The molecule has 0 aliphatic carbocycles. The molecule has 1 aromatic carbocycles. The highest BCUT2D eigenvalue weighted by Crippen LogP contribution is 2.20. The van der Waals surface area contributed by atoms with E-state index in [0.717, 1.165) is 18.5 Å². The van der Waals surface area contributed by atoms with Gasteiger partial charge in [0.25, 0.3) is 0 Å². The van der Waals surface area contributed by atoms with Crippen LogP contribution in [-0.4, -0.2) is 38.3 Å². The average molecular weight is 328 g/mol. The number of benzene rings is 1. The summed E-state index contributed by atoms with van der Waals surface area (Å²) >= 11 is 0. The van der Waals surface area contributed by atoms with Gasteiger partial charge in [-0.05, 0) is 24.1 Å². The Hall–Kier alpha value is -2.74. The van der Waals surface area contributed by atoms with Gasteiger partial charge in [0.2, 0.25) is 5.65 Å². The van der Waals surface area contributed by atoms with E-state index in [4.69, 9.17) is 5.73 Å². The molecule has 0 unspecified atom stereocenters. The van der Waals surface area contributed by atoms with E-state index in [1.165, 1.54) is 21.2 Å². The Balaban J connectivity index is 1.74. The minimum absolute atomic E-state index is 0.111. The highest BCUT2D eigenvalue weighted by molar-refractivity contribution is 5.63. The zero-order valence-electron chi connectivity index (χ0n) is 13.0. The molecule has 3 heterocycles. The molecule has 1 fully saturated rings. The van der Waals surface area contributed by atoms with Gasteiger partial charge in [-0.1, -0.05) is 12.1 Å². The molecule has 0 saturated carbocycles. The summed E-state index contributed by atoms with van der Waals surface area (Å²) in [6.07, 6.45) is 4.09. The Morgan fingerprint density at radius 1 is 1.29 bits per heavy atom. The third-order valence-corrected chi connectivity index (χ3v) is 4.25. The zero-order valence-corrected chi connectivity index (χ0v) is 13.0. The largest absolute Gasteiger partial charge is 0.352 e. The van der Waals surface area contributed by atoms with Gasteiger partial charge in [0, 0.05) is 31.5 Å². The normalized spacial score (nSPS) is 17.8. The lowest BCUT2D eigenvalue weighted by molar-refractivity contribution is 0.622. The first-order valence-electron chi connectivity index (χ1n) is 7.81. The Morgan fingerprint density at radius 3 is 2.79 bits per heavy atom. The van der Waals surface area contributed by atoms with Gasteiger partial charge in [0.05, 0.1) is 6.54 Å². The Labute approximate surface area is 137 Å². The van der Waals surface area contributed by atoms with E-state index in [9.17, 15) is 9.18 Å². The molecule has 3 aromatic rings. The number of hydrogen-bond acceptors (Lipinski definition) is 5. The van der Waals surface area contributed by atoms with Crippen LogP contribution in [0, 0.1) is 5.82 Å². The fourth-order valence-electron chi connectivity index (χ4n) is 3.00. The molecule has 24 heavy (non-hydrogen) atoms. The standard InChI is InChI=1S/C16H17FN6O/c17-12-3-1-11(2-4-12)9-23-16(24)22-8-6-19-14(15(22)20-23)21-7-5-13(18)10-21/h1-4,6,8,13H,5,7,9-10,18H2/t13-/m1/s1. The lowest BCUT2D eigenvalue weighted by atomic mass is 10.2. The maximum Gasteiger partial charge on any atom is 0.350 e. The summed E-state index contributed by atoms with van der Waals surface area (Å²) in [7, 11) is 0. The SMILES string of the molecule is N[C@@H]1CCN(c2nccn3c(=O)n(Cc4ccc(F)cc4)nc23)C1. The summed E-state index contributed by atoms with van der Waals surface area (Å²) in [6, 6.07) is 6.14. The maximum atomic E-state index is 13.0. The maximum absolute atomic E-state index is 13.0. The monoisotopic (exact) mass is 328 g/mol. The molecule has 1 aliphatic rings. The average Bonchev–Trinajstić information content (AvgIpc) is 3.14. The van der Waals surface area contributed by atoms with Gasteiger partial charge < -0.3 is 10.6 Å². The van der Waals surface area contributed by atoms with Crippen LogP contribution in [0.1, 0.15) is 12.0 Å². The molecular weight excluding hydrogens is 311 g/mol. The Morgan fingerprint density at radius 2 is 2.08 bits per heavy atom. The van der Waals surface area contributed by atoms with Crippen molar-refractivity contribution in [1.29, 1.82) is 0 Å². The number of nitrogens with two attached hydrogens (primary N) is 1. The van der Waals surface area contributed by atoms with Gasteiger partial charge in [0.15, 0.2) is 5.82 Å². The number of rotatable bonds is 3. The highest BCUT2D eigenvalue weighted by Gasteiger charge is 2.24. The third-order valence-electron chi connectivity index (χ3n) is 4.25. The topological polar surface area (TPSA) is 81.5 Å². The van der Waals surface area contributed by atoms with Crippen LogP contribution in [0.4, 0.5) is 10.2 Å². The summed E-state index contributed by atoms with van der Waals surface area (Å²) < 4.78 is 15.9. The van der Waals surface area contributed by atoms with E-state index >= 15 is 0 Å². The van der Waals surface area contributed by atoms with E-state index in [0.29, 0.717) is 18.0 Å². The van der Waals surface area contributed by atoms with Gasteiger partial charge in [-0.2, -0.15) is 0 Å². The van der Waals surface area contributed by atoms with Crippen LogP contribution in [-0.2, 0) is 6.54 Å². The summed E-state index contributed by atoms with van der Waals surface area (Å²) in [5, 5.41) is 4.43. The third kappa shape index (κ3) is 2.54. The van der Waals surface area contributed by atoms with Crippen molar-refractivity contribution in [1.82, 2.24) is 19.2 Å². The van der Waals surface area contributed by atoms with E-state index < -0.39 is 0 Å². The molecule has 0 bridgehead atoms. The van der Waals surface area contributed by atoms with Crippen molar-refractivity contribution in [2.45, 2.75) is 19.0 Å². The van der Waals surface area contributed by atoms with Gasteiger partial charge in [0.1, 0.15) is 5.82 Å². The van der Waals surface area contributed by atoms with Gasteiger partial charge in [-0.25, -0.2) is 23.3 Å². The molecule has 0 amide bonds. The number of anilines is 1. The lowest BCUT2D eigenvalue weighted by Crippen LogP contribution is -2.27. The zero-order chi connectivity index (χ0) is 16.7. The number of hydrogen-bond donors (Lipinski definition) is 1. The van der Waals surface area contributed by atoms with Crippen LogP contribution in [0.5, 0.6) is 0 Å². The molecule has 1 atom stereocenters. The molecular formula is C16H17FN6O. The lowest BCUT2D eigenvalue weighted by Gasteiger charge is -2.16. The molecule has 0 radical (unpaired) electrons. The first-order chi connectivity index (χ1) is 11.6. The second-order valence-corrected chi connectivity index (χ2v) is 6.01. The van der Waals surface area contributed by atoms with Crippen LogP contribution in [0.3, 0.4) is 0 Å². The summed E-state index contributed by atoms with van der Waals surface area (Å²) in [4.78, 5) is 19.0. The van der Waals surface area contributed by atoms with Crippen LogP contribution in [0.2, 0.25) is 0 Å². The highest BCUT2D eigenvalue weighted by atomic mass is 19.1. The molecule has 124 valence electrons. The molecule has 7 nitrogen and oxygen atoms in total. The predicted molar refractivity (Wildman–Crippen MR) is 87.6 cm³/mol. The van der Waals surface area contributed by atoms with Crippen molar-refractivity contribution in [2.75, 3.05) is 18.0 Å². The minimum Gasteiger partial charge on any atom is -0.352 e. The summed E-state index contributed by atoms with van der Waals surface area (Å²) in [5.41, 5.74) is 7.03. The van der Waals surface area contributed by atoms with Crippen LogP contribution in [0.15, 0.2) is 41.5 Å². The number of aromatic nitrogens is 4. The molecule has 4 rings (SSSR count). The van der Waals surface area contributed by atoms with Gasteiger partial charge in [-0.3, -0.25) is 0 Å². The van der Waals surface area contributed by atoms with Crippen LogP contribution >= 0.6 is 0 Å². The second-order valence-electron chi connectivity index (χ2n) is 6.01. The smallest absolute Gasteiger partial charge is 0.350 e. The molecule has 1 aliphatic heterocycles. The van der Waals surface area contributed by atoms with E-state index in [1.807, 2.05) is 0 Å². The molecule has 2 N–H and O–H groups in total. The van der Waals surface area contributed by atoms with Gasteiger partial charge in [-0.15, -0.1) is 5.10 Å². The van der Waals surface area contributed by atoms with Crippen LogP contribution < -0.4 is 16.3 Å². The number of fused-ring (bicyclic) bond motifs is 1. The molecule has 8 heteroatoms. The second kappa shape index (κ2) is 5.72. The first kappa shape index (κ1) is 14.8. The molecule has 0 spiro atoms. The first-order valence-corrected chi connectivity index (χ1v) is 7.81. The van der Waals surface area contributed by atoms with Crippen molar-refractivity contribution in [2.24, 2.45) is 5.73 Å². The summed E-state index contributed by atoms with van der Waals surface area (Å²) in [6.45, 7) is 1.78. The van der Waals surface area contributed by atoms with E-state index in [2.05, 4.69) is 15.0 Å². The van der Waals surface area contributed by atoms with Gasteiger partial charge >= 0.3 is 5.69 Å². The number of nitrogens with zero attached hydrogens (tertiary/aromatic N) is 5. The predicted octanol–water partition coefficient (Wildman–Crippen LogP) is 0.616. The Bertz CT molecular complexity index is 932. The quantitative estimate of drug-likeness (QED) is 0.762. The Kier molecular flexibility index (Phi) is 3.53. The summed E-state index contributed by atoms with van der Waals surface area (Å²) in [5.74, 6) is 0.360. The van der Waals surface area contributed by atoms with E-state index in [1.54, 1.807) is 24.5 Å². The van der Waals surface area contributed by atoms with Crippen molar-refractivity contribution in [3.05, 3.63) is 58.5 Å². The van der Waals surface area contributed by atoms with Crippen molar-refractivity contribution in [3.8, 4) is 0 Å². The van der Waals surface area contributed by atoms with E-state index in [-0.39, 0.29) is 24.1 Å². The molecule has 2 aromatic heterocycles. The van der Waals surface area contributed by atoms with Crippen molar-refractivity contribution >= 4 is 11.5 Å². The number of halogens is 1. The minimum atomic E-state index is -0.307. The fraction of sp³-hybridized carbons (Fsp3) is 0.312. The van der Waals surface area contributed by atoms with Crippen molar-refractivity contribution < 1.29 is 4.39 Å².